The Morgan fingerprint density at radius 1 is 1.55 bits per heavy atom. The molecule has 3 rings (SSSR count). The lowest BCUT2D eigenvalue weighted by atomic mass is 9.88. The van der Waals surface area contributed by atoms with Gasteiger partial charge in [-0.3, -0.25) is 0 Å². The minimum Gasteiger partial charge on any atom is -0.465 e. The Kier molecular flexibility index (Phi) is 2.93. The zero-order chi connectivity index (χ0) is 14.5. The van der Waals surface area contributed by atoms with Crippen molar-refractivity contribution in [2.24, 2.45) is 0 Å². The molecule has 2 aromatic heterocycles. The number of ether oxygens (including phenoxy) is 1. The number of carbonyl (C=O) groups excluding carboxylic acids is 1. The molecule has 0 saturated heterocycles. The van der Waals surface area contributed by atoms with E-state index < -0.39 is 11.9 Å². The molecule has 0 amide bonds. The molecule has 1 aliphatic rings. The zero-order valence-corrected chi connectivity index (χ0v) is 11.3. The first-order valence-electron chi connectivity index (χ1n) is 6.04. The number of fused-ring (bicyclic) bond motifs is 1. The van der Waals surface area contributed by atoms with Crippen LogP contribution < -0.4 is 0 Å². The molecule has 106 valence electrons. The van der Waals surface area contributed by atoms with E-state index in [-0.39, 0.29) is 29.6 Å². The van der Waals surface area contributed by atoms with Gasteiger partial charge < -0.3 is 9.30 Å². The van der Waals surface area contributed by atoms with Crippen molar-refractivity contribution in [3.63, 3.8) is 0 Å². The fraction of sp³-hybridized carbons (Fsp3) is 0.385. The van der Waals surface area contributed by atoms with Gasteiger partial charge in [-0.2, -0.15) is 0 Å². The minimum atomic E-state index is -2.62. The quantitative estimate of drug-likeness (QED) is 0.630. The Balaban J connectivity index is 2.09. The number of methoxy groups -OCH3 is 1. The van der Waals surface area contributed by atoms with E-state index in [0.717, 1.165) is 0 Å². The molecule has 1 saturated carbocycles. The predicted octanol–water partition coefficient (Wildman–Crippen LogP) is 3.45. The minimum absolute atomic E-state index is 0.129. The Hall–Kier alpha value is -1.69. The van der Waals surface area contributed by atoms with Crippen molar-refractivity contribution in [1.82, 2.24) is 9.55 Å². The van der Waals surface area contributed by atoms with Crippen LogP contribution in [0.4, 0.5) is 8.78 Å². The van der Waals surface area contributed by atoms with Crippen molar-refractivity contribution in [3.05, 3.63) is 29.0 Å². The van der Waals surface area contributed by atoms with E-state index >= 15 is 0 Å². The van der Waals surface area contributed by atoms with Crippen molar-refractivity contribution in [2.45, 2.75) is 24.8 Å². The van der Waals surface area contributed by atoms with E-state index in [9.17, 15) is 13.6 Å². The lowest BCUT2D eigenvalue weighted by Gasteiger charge is -2.36. The van der Waals surface area contributed by atoms with Gasteiger partial charge in [-0.15, -0.1) is 0 Å². The van der Waals surface area contributed by atoms with Crippen LogP contribution in [0, 0.1) is 0 Å². The molecule has 2 aromatic rings. The monoisotopic (exact) mass is 300 g/mol. The topological polar surface area (TPSA) is 44.1 Å². The largest absolute Gasteiger partial charge is 0.465 e. The molecule has 1 aliphatic carbocycles. The molecule has 20 heavy (non-hydrogen) atoms. The predicted molar refractivity (Wildman–Crippen MR) is 69.3 cm³/mol. The molecule has 0 aromatic carbocycles. The first-order chi connectivity index (χ1) is 9.41. The van der Waals surface area contributed by atoms with Crippen molar-refractivity contribution in [3.8, 4) is 0 Å². The second kappa shape index (κ2) is 4.41. The number of alkyl halides is 2. The van der Waals surface area contributed by atoms with Crippen LogP contribution in [-0.4, -0.2) is 28.6 Å². The second-order valence-electron chi connectivity index (χ2n) is 4.86. The number of esters is 1. The van der Waals surface area contributed by atoms with Crippen LogP contribution in [-0.2, 0) is 4.74 Å². The van der Waals surface area contributed by atoms with Crippen LogP contribution in [0.15, 0.2) is 18.3 Å². The molecular formula is C13H11ClF2N2O2. The van der Waals surface area contributed by atoms with Crippen LogP contribution in [0.1, 0.15) is 29.2 Å². The van der Waals surface area contributed by atoms with Gasteiger partial charge in [-0.05, 0) is 12.1 Å². The van der Waals surface area contributed by atoms with Crippen LogP contribution in [0.3, 0.4) is 0 Å². The number of hydrogen-bond donors (Lipinski definition) is 0. The van der Waals surface area contributed by atoms with Gasteiger partial charge in [0.2, 0.25) is 0 Å². The van der Waals surface area contributed by atoms with Gasteiger partial charge in [-0.1, -0.05) is 11.6 Å². The SMILES string of the molecule is COC(=O)c1cc(Cl)nc2c1ccn2C1CC(F)(F)C1. The fourth-order valence-corrected chi connectivity index (χ4v) is 2.69. The Bertz CT molecular complexity index is 691. The summed E-state index contributed by atoms with van der Waals surface area (Å²) in [4.78, 5) is 15.8. The summed E-state index contributed by atoms with van der Waals surface area (Å²) in [6, 6.07) is 2.76. The molecule has 0 N–H and O–H groups in total. The molecule has 4 nitrogen and oxygen atoms in total. The summed E-state index contributed by atoms with van der Waals surface area (Å²) in [6.07, 6.45) is 1.21. The normalized spacial score (nSPS) is 18.0. The lowest BCUT2D eigenvalue weighted by molar-refractivity contribution is -0.103. The van der Waals surface area contributed by atoms with Crippen molar-refractivity contribution in [2.75, 3.05) is 7.11 Å². The number of halogens is 3. The molecule has 2 heterocycles. The summed E-state index contributed by atoms with van der Waals surface area (Å²) >= 11 is 5.90. The molecule has 0 aliphatic heterocycles. The molecule has 0 bridgehead atoms. The molecule has 0 unspecified atom stereocenters. The van der Waals surface area contributed by atoms with Crippen molar-refractivity contribution >= 4 is 28.6 Å². The Labute approximate surface area is 118 Å². The second-order valence-corrected chi connectivity index (χ2v) is 5.25. The van der Waals surface area contributed by atoms with E-state index in [0.29, 0.717) is 11.0 Å². The first-order valence-corrected chi connectivity index (χ1v) is 6.42. The average Bonchev–Trinajstić information content (AvgIpc) is 2.77. The van der Waals surface area contributed by atoms with Gasteiger partial charge >= 0.3 is 5.97 Å². The highest BCUT2D eigenvalue weighted by Crippen LogP contribution is 2.46. The van der Waals surface area contributed by atoms with Crippen LogP contribution in [0.2, 0.25) is 5.15 Å². The third kappa shape index (κ3) is 2.04. The standard InChI is InChI=1S/C13H11ClF2N2O2/c1-20-12(19)9-4-10(14)17-11-8(9)2-3-18(11)7-5-13(15,16)6-7/h2-4,7H,5-6H2,1H3. The van der Waals surface area contributed by atoms with Crippen LogP contribution in [0.5, 0.6) is 0 Å². The summed E-state index contributed by atoms with van der Waals surface area (Å²) in [7, 11) is 1.27. The van der Waals surface area contributed by atoms with Crippen molar-refractivity contribution in [1.29, 1.82) is 0 Å². The first kappa shape index (κ1) is 13.3. The zero-order valence-electron chi connectivity index (χ0n) is 10.6. The molecule has 7 heteroatoms. The number of hydrogen-bond acceptors (Lipinski definition) is 3. The van der Waals surface area contributed by atoms with E-state index in [1.165, 1.54) is 13.2 Å². The summed E-state index contributed by atoms with van der Waals surface area (Å²) in [6.45, 7) is 0. The van der Waals surface area contributed by atoms with E-state index in [2.05, 4.69) is 9.72 Å². The van der Waals surface area contributed by atoms with Gasteiger partial charge in [0.25, 0.3) is 5.92 Å². The maximum Gasteiger partial charge on any atom is 0.338 e. The highest BCUT2D eigenvalue weighted by molar-refractivity contribution is 6.30. The molecule has 0 spiro atoms. The van der Waals surface area contributed by atoms with Crippen LogP contribution >= 0.6 is 11.6 Å². The van der Waals surface area contributed by atoms with Gasteiger partial charge in [0.15, 0.2) is 0 Å². The average molecular weight is 301 g/mol. The maximum atomic E-state index is 13.0. The van der Waals surface area contributed by atoms with Gasteiger partial charge in [0.05, 0.1) is 12.7 Å². The maximum absolute atomic E-state index is 13.0. The Morgan fingerprint density at radius 2 is 2.25 bits per heavy atom. The Morgan fingerprint density at radius 3 is 2.85 bits per heavy atom. The highest BCUT2D eigenvalue weighted by Gasteiger charge is 2.46. The van der Waals surface area contributed by atoms with E-state index in [1.807, 2.05) is 0 Å². The highest BCUT2D eigenvalue weighted by atomic mass is 35.5. The molecule has 0 radical (unpaired) electrons. The number of rotatable bonds is 2. The summed E-state index contributed by atoms with van der Waals surface area (Å²) in [5.41, 5.74) is 0.714. The van der Waals surface area contributed by atoms with Gasteiger partial charge in [0, 0.05) is 30.5 Å². The van der Waals surface area contributed by atoms with Crippen LogP contribution in [0.25, 0.3) is 11.0 Å². The molecule has 0 atom stereocenters. The summed E-state index contributed by atoms with van der Waals surface area (Å²) < 4.78 is 32.3. The third-order valence-electron chi connectivity index (χ3n) is 3.52. The number of pyridine rings is 1. The number of nitrogens with zero attached hydrogens (tertiary/aromatic N) is 2. The lowest BCUT2D eigenvalue weighted by Crippen LogP contribution is -2.36. The number of aromatic nitrogens is 2. The smallest absolute Gasteiger partial charge is 0.338 e. The van der Waals surface area contributed by atoms with Gasteiger partial charge in [-0.25, -0.2) is 18.6 Å². The van der Waals surface area contributed by atoms with Crippen molar-refractivity contribution < 1.29 is 18.3 Å². The molecule has 1 fully saturated rings. The summed E-state index contributed by atoms with van der Waals surface area (Å²) in [5, 5.41) is 0.681. The third-order valence-corrected chi connectivity index (χ3v) is 3.71. The molecular weight excluding hydrogens is 290 g/mol. The van der Waals surface area contributed by atoms with E-state index in [1.54, 1.807) is 16.8 Å². The van der Waals surface area contributed by atoms with Gasteiger partial charge in [0.1, 0.15) is 10.8 Å². The number of carbonyl (C=O) groups is 1. The van der Waals surface area contributed by atoms with E-state index in [4.69, 9.17) is 11.6 Å². The summed E-state index contributed by atoms with van der Waals surface area (Å²) in [5.74, 6) is -3.15. The fourth-order valence-electron chi connectivity index (χ4n) is 2.50.